The second kappa shape index (κ2) is 6.68. The average molecular weight is 265 g/mol. The molecule has 1 saturated heterocycles. The summed E-state index contributed by atoms with van der Waals surface area (Å²) in [5.41, 5.74) is 0. The van der Waals surface area contributed by atoms with Crippen molar-refractivity contribution in [2.45, 2.75) is 25.4 Å². The number of amides is 1. The molecule has 2 heterocycles. The quantitative estimate of drug-likeness (QED) is 0.790. The maximum Gasteiger partial charge on any atom is 0.236 e. The molecule has 2 rings (SSSR count). The Balaban J connectivity index is 1.66. The van der Waals surface area contributed by atoms with Crippen LogP contribution in [0, 0.1) is 0 Å². The van der Waals surface area contributed by atoms with Gasteiger partial charge in [0, 0.05) is 45.6 Å². The van der Waals surface area contributed by atoms with Gasteiger partial charge < -0.3 is 15.2 Å². The summed E-state index contributed by atoms with van der Waals surface area (Å²) in [5, 5.41) is 3.50. The van der Waals surface area contributed by atoms with E-state index in [1.807, 2.05) is 6.20 Å². The normalized spacial score (nSPS) is 17.6. The molecule has 0 atom stereocenters. The third-order valence-electron chi connectivity index (χ3n) is 3.56. The van der Waals surface area contributed by atoms with Crippen molar-refractivity contribution in [1.82, 2.24) is 25.1 Å². The number of carbonyl (C=O) groups is 1. The molecule has 0 saturated carbocycles. The predicted molar refractivity (Wildman–Crippen MR) is 73.6 cm³/mol. The molecule has 0 bridgehead atoms. The lowest BCUT2D eigenvalue weighted by Crippen LogP contribution is -2.45. The number of likely N-dealkylation sites (N-methyl/N-ethyl adjacent to an activating group) is 1. The minimum atomic E-state index is 0.182. The van der Waals surface area contributed by atoms with Gasteiger partial charge in [0.05, 0.1) is 13.1 Å². The van der Waals surface area contributed by atoms with Crippen LogP contribution in [0.1, 0.15) is 18.7 Å². The zero-order valence-corrected chi connectivity index (χ0v) is 11.7. The Kier molecular flexibility index (Phi) is 4.93. The van der Waals surface area contributed by atoms with Gasteiger partial charge in [0.25, 0.3) is 0 Å². The third kappa shape index (κ3) is 4.33. The highest BCUT2D eigenvalue weighted by Crippen LogP contribution is 2.10. The van der Waals surface area contributed by atoms with Crippen LogP contribution in [0.15, 0.2) is 12.4 Å². The molecular formula is C13H23N5O. The molecule has 1 amide bonds. The predicted octanol–water partition coefficient (Wildman–Crippen LogP) is 0.0519. The molecule has 6 heteroatoms. The summed E-state index contributed by atoms with van der Waals surface area (Å²) in [6.45, 7) is 3.29. The summed E-state index contributed by atoms with van der Waals surface area (Å²) in [6.07, 6.45) is 5.78. The molecule has 0 radical (unpaired) electrons. The lowest BCUT2D eigenvalue weighted by molar-refractivity contribution is -0.130. The van der Waals surface area contributed by atoms with Crippen LogP contribution < -0.4 is 5.32 Å². The molecule has 0 aliphatic carbocycles. The molecule has 1 aliphatic rings. The van der Waals surface area contributed by atoms with E-state index in [0.717, 1.165) is 38.3 Å². The number of aromatic amines is 1. The number of hydrogen-bond donors (Lipinski definition) is 2. The summed E-state index contributed by atoms with van der Waals surface area (Å²) in [6, 6.07) is 0.524. The van der Waals surface area contributed by atoms with Crippen molar-refractivity contribution >= 4 is 5.91 Å². The van der Waals surface area contributed by atoms with Crippen LogP contribution in [0.4, 0.5) is 0 Å². The summed E-state index contributed by atoms with van der Waals surface area (Å²) in [7, 11) is 3.61. The molecule has 2 N–H and O–H groups in total. The molecule has 106 valence electrons. The van der Waals surface area contributed by atoms with E-state index in [9.17, 15) is 4.79 Å². The van der Waals surface area contributed by atoms with Crippen molar-refractivity contribution in [2.75, 3.05) is 33.7 Å². The number of piperidine rings is 1. The number of H-pyrrole nitrogens is 1. The van der Waals surface area contributed by atoms with Crippen LogP contribution in [-0.4, -0.2) is 65.4 Å². The van der Waals surface area contributed by atoms with Gasteiger partial charge in [-0.15, -0.1) is 0 Å². The maximum atomic E-state index is 11.6. The van der Waals surface area contributed by atoms with E-state index in [0.29, 0.717) is 12.6 Å². The van der Waals surface area contributed by atoms with Crippen molar-refractivity contribution < 1.29 is 4.79 Å². The first-order valence-corrected chi connectivity index (χ1v) is 6.79. The highest BCUT2D eigenvalue weighted by atomic mass is 16.2. The molecule has 1 aliphatic heterocycles. The van der Waals surface area contributed by atoms with E-state index in [1.165, 1.54) is 0 Å². The van der Waals surface area contributed by atoms with Crippen molar-refractivity contribution in [3.8, 4) is 0 Å². The molecule has 19 heavy (non-hydrogen) atoms. The van der Waals surface area contributed by atoms with E-state index >= 15 is 0 Å². The fourth-order valence-electron chi connectivity index (χ4n) is 2.26. The first-order chi connectivity index (χ1) is 9.15. The number of rotatable bonds is 5. The number of aromatic nitrogens is 2. The number of carbonyl (C=O) groups excluding carboxylic acids is 1. The Morgan fingerprint density at radius 1 is 1.53 bits per heavy atom. The first kappa shape index (κ1) is 14.0. The number of hydrogen-bond acceptors (Lipinski definition) is 4. The minimum absolute atomic E-state index is 0.182. The second-order valence-corrected chi connectivity index (χ2v) is 5.26. The maximum absolute atomic E-state index is 11.6. The monoisotopic (exact) mass is 265 g/mol. The molecule has 6 nitrogen and oxygen atoms in total. The molecule has 1 fully saturated rings. The summed E-state index contributed by atoms with van der Waals surface area (Å²) < 4.78 is 0. The Labute approximate surface area is 114 Å². The van der Waals surface area contributed by atoms with E-state index in [1.54, 1.807) is 25.2 Å². The number of nitrogens with zero attached hydrogens (tertiary/aromatic N) is 3. The highest BCUT2D eigenvalue weighted by molar-refractivity contribution is 5.77. The number of imidazole rings is 1. The van der Waals surface area contributed by atoms with Crippen LogP contribution in [0.3, 0.4) is 0 Å². The van der Waals surface area contributed by atoms with Crippen LogP contribution in [0.2, 0.25) is 0 Å². The van der Waals surface area contributed by atoms with Crippen LogP contribution in [0.25, 0.3) is 0 Å². The van der Waals surface area contributed by atoms with Crippen molar-refractivity contribution in [1.29, 1.82) is 0 Å². The molecule has 1 aromatic heterocycles. The summed E-state index contributed by atoms with van der Waals surface area (Å²) in [5.74, 6) is 1.16. The lowest BCUT2D eigenvalue weighted by atomic mass is 10.1. The summed E-state index contributed by atoms with van der Waals surface area (Å²) in [4.78, 5) is 22.8. The average Bonchev–Trinajstić information content (AvgIpc) is 2.91. The number of nitrogens with one attached hydrogen (secondary N) is 2. The van der Waals surface area contributed by atoms with Gasteiger partial charge in [0.15, 0.2) is 0 Å². The van der Waals surface area contributed by atoms with Gasteiger partial charge in [-0.25, -0.2) is 4.98 Å². The topological polar surface area (TPSA) is 64.3 Å². The largest absolute Gasteiger partial charge is 0.348 e. The van der Waals surface area contributed by atoms with Gasteiger partial charge in [0.1, 0.15) is 5.82 Å². The molecule has 1 aromatic rings. The Hall–Kier alpha value is -1.40. The SMILES string of the molecule is CN(C)C(=O)CN1CCC(NCc2ncc[nH]2)CC1. The zero-order chi connectivity index (χ0) is 13.7. The highest BCUT2D eigenvalue weighted by Gasteiger charge is 2.20. The van der Waals surface area contributed by atoms with Crippen LogP contribution in [-0.2, 0) is 11.3 Å². The second-order valence-electron chi connectivity index (χ2n) is 5.26. The fraction of sp³-hybridized carbons (Fsp3) is 0.692. The Morgan fingerprint density at radius 3 is 2.84 bits per heavy atom. The van der Waals surface area contributed by atoms with Gasteiger partial charge in [-0.3, -0.25) is 9.69 Å². The fourth-order valence-corrected chi connectivity index (χ4v) is 2.26. The molecular weight excluding hydrogens is 242 g/mol. The standard InChI is InChI=1S/C13H23N5O/c1-17(2)13(19)10-18-7-3-11(4-8-18)16-9-12-14-5-6-15-12/h5-6,11,16H,3-4,7-10H2,1-2H3,(H,14,15). The van der Waals surface area contributed by atoms with Gasteiger partial charge >= 0.3 is 0 Å². The van der Waals surface area contributed by atoms with Crippen LogP contribution in [0.5, 0.6) is 0 Å². The summed E-state index contributed by atoms with van der Waals surface area (Å²) >= 11 is 0. The van der Waals surface area contributed by atoms with Crippen molar-refractivity contribution in [2.24, 2.45) is 0 Å². The molecule has 0 unspecified atom stereocenters. The molecule has 0 spiro atoms. The van der Waals surface area contributed by atoms with Gasteiger partial charge in [-0.1, -0.05) is 0 Å². The van der Waals surface area contributed by atoms with Crippen LogP contribution >= 0.6 is 0 Å². The Morgan fingerprint density at radius 2 is 2.26 bits per heavy atom. The van der Waals surface area contributed by atoms with E-state index in [-0.39, 0.29) is 5.91 Å². The lowest BCUT2D eigenvalue weighted by Gasteiger charge is -2.32. The van der Waals surface area contributed by atoms with Gasteiger partial charge in [-0.2, -0.15) is 0 Å². The first-order valence-electron chi connectivity index (χ1n) is 6.79. The minimum Gasteiger partial charge on any atom is -0.348 e. The van der Waals surface area contributed by atoms with E-state index in [4.69, 9.17) is 0 Å². The van der Waals surface area contributed by atoms with Gasteiger partial charge in [-0.05, 0) is 12.8 Å². The Bertz CT molecular complexity index is 382. The zero-order valence-electron chi connectivity index (χ0n) is 11.7. The van der Waals surface area contributed by atoms with Crippen molar-refractivity contribution in [3.05, 3.63) is 18.2 Å². The third-order valence-corrected chi connectivity index (χ3v) is 3.56. The number of likely N-dealkylation sites (tertiary alicyclic amines) is 1. The molecule has 0 aromatic carbocycles. The van der Waals surface area contributed by atoms with Crippen molar-refractivity contribution in [3.63, 3.8) is 0 Å². The van der Waals surface area contributed by atoms with Gasteiger partial charge in [0.2, 0.25) is 5.91 Å². The van der Waals surface area contributed by atoms with E-state index < -0.39 is 0 Å². The smallest absolute Gasteiger partial charge is 0.236 e. The van der Waals surface area contributed by atoms with E-state index in [2.05, 4.69) is 20.2 Å².